The molecule has 7 heteroatoms. The number of aromatic nitrogens is 3. The molecule has 0 amide bonds. The van der Waals surface area contributed by atoms with Crippen molar-refractivity contribution in [2.75, 3.05) is 31.1 Å². The van der Waals surface area contributed by atoms with E-state index in [1.54, 1.807) is 18.5 Å². The second-order valence-corrected chi connectivity index (χ2v) is 6.31. The lowest BCUT2D eigenvalue weighted by Crippen LogP contribution is -2.46. The third-order valence-corrected chi connectivity index (χ3v) is 4.80. The molecular weight excluding hydrogens is 329 g/mol. The second-order valence-electron chi connectivity index (χ2n) is 5.90. The number of anilines is 1. The highest BCUT2D eigenvalue weighted by atomic mass is 35.5. The molecule has 0 atom stereocenters. The molecule has 4 rings (SSSR count). The third kappa shape index (κ3) is 2.83. The van der Waals surface area contributed by atoms with Gasteiger partial charge in [-0.15, -0.1) is 0 Å². The summed E-state index contributed by atoms with van der Waals surface area (Å²) in [5.41, 5.74) is 1.42. The summed E-state index contributed by atoms with van der Waals surface area (Å²) in [6.07, 6.45) is 3.46. The molecule has 1 aliphatic rings. The molecule has 0 unspecified atom stereocenters. The molecule has 24 heavy (non-hydrogen) atoms. The van der Waals surface area contributed by atoms with Gasteiger partial charge in [0.05, 0.1) is 5.39 Å². The zero-order valence-electron chi connectivity index (χ0n) is 13.0. The van der Waals surface area contributed by atoms with E-state index in [2.05, 4.69) is 24.8 Å². The third-order valence-electron chi connectivity index (χ3n) is 4.45. The lowest BCUT2D eigenvalue weighted by Gasteiger charge is -2.35. The van der Waals surface area contributed by atoms with Gasteiger partial charge in [0.1, 0.15) is 23.6 Å². The SMILES string of the molecule is Fc1cccc(Cl)c1CN1CCN(c2ncnc3[nH]ccc23)CC1. The summed E-state index contributed by atoms with van der Waals surface area (Å²) in [4.78, 5) is 16.2. The van der Waals surface area contributed by atoms with Gasteiger partial charge >= 0.3 is 0 Å². The van der Waals surface area contributed by atoms with Gasteiger partial charge in [-0.25, -0.2) is 14.4 Å². The van der Waals surface area contributed by atoms with Crippen LogP contribution in [0.1, 0.15) is 5.56 Å². The Morgan fingerprint density at radius 3 is 2.75 bits per heavy atom. The summed E-state index contributed by atoms with van der Waals surface area (Å²) in [6, 6.07) is 6.83. The number of halogens is 2. The highest BCUT2D eigenvalue weighted by Crippen LogP contribution is 2.25. The average molecular weight is 346 g/mol. The summed E-state index contributed by atoms with van der Waals surface area (Å²) >= 11 is 6.13. The number of aromatic amines is 1. The first-order chi connectivity index (χ1) is 11.7. The molecule has 3 aromatic rings. The fourth-order valence-corrected chi connectivity index (χ4v) is 3.36. The summed E-state index contributed by atoms with van der Waals surface area (Å²) < 4.78 is 13.9. The first kappa shape index (κ1) is 15.4. The molecule has 1 N–H and O–H groups in total. The van der Waals surface area contributed by atoms with Crippen LogP contribution in [0.15, 0.2) is 36.8 Å². The van der Waals surface area contributed by atoms with Crippen molar-refractivity contribution in [3.8, 4) is 0 Å². The normalized spacial score (nSPS) is 16.0. The van der Waals surface area contributed by atoms with Gasteiger partial charge in [0.15, 0.2) is 0 Å². The number of rotatable bonds is 3. The molecule has 1 aliphatic heterocycles. The standard InChI is InChI=1S/C17H17ClFN5/c18-14-2-1-3-15(19)13(14)10-23-6-8-24(9-7-23)17-12-4-5-20-16(12)21-11-22-17/h1-5,11H,6-10H2,(H,20,21,22). The molecule has 0 saturated carbocycles. The summed E-state index contributed by atoms with van der Waals surface area (Å²) in [5, 5.41) is 1.52. The van der Waals surface area contributed by atoms with Crippen molar-refractivity contribution in [2.45, 2.75) is 6.54 Å². The minimum atomic E-state index is -0.241. The molecule has 0 spiro atoms. The molecule has 3 heterocycles. The average Bonchev–Trinajstić information content (AvgIpc) is 3.08. The van der Waals surface area contributed by atoms with E-state index < -0.39 is 0 Å². The fourth-order valence-electron chi connectivity index (χ4n) is 3.14. The Kier molecular flexibility index (Phi) is 4.08. The van der Waals surface area contributed by atoms with Crippen LogP contribution in [0.5, 0.6) is 0 Å². The fraction of sp³-hybridized carbons (Fsp3) is 0.294. The van der Waals surface area contributed by atoms with Crippen molar-refractivity contribution in [1.29, 1.82) is 0 Å². The van der Waals surface area contributed by atoms with Gasteiger partial charge in [-0.1, -0.05) is 17.7 Å². The lowest BCUT2D eigenvalue weighted by molar-refractivity contribution is 0.246. The number of hydrogen-bond donors (Lipinski definition) is 1. The maximum absolute atomic E-state index is 13.9. The molecule has 2 aromatic heterocycles. The van der Waals surface area contributed by atoms with Crippen LogP contribution in [-0.2, 0) is 6.54 Å². The number of benzene rings is 1. The minimum Gasteiger partial charge on any atom is -0.353 e. The van der Waals surface area contributed by atoms with E-state index in [9.17, 15) is 4.39 Å². The Labute approximate surface area is 144 Å². The van der Waals surface area contributed by atoms with Gasteiger partial charge in [0, 0.05) is 49.5 Å². The predicted octanol–water partition coefficient (Wildman–Crippen LogP) is 3.07. The van der Waals surface area contributed by atoms with Crippen molar-refractivity contribution in [3.63, 3.8) is 0 Å². The van der Waals surface area contributed by atoms with Crippen LogP contribution in [0, 0.1) is 5.82 Å². The number of H-pyrrole nitrogens is 1. The van der Waals surface area contributed by atoms with Crippen LogP contribution in [0.3, 0.4) is 0 Å². The van der Waals surface area contributed by atoms with Crippen molar-refractivity contribution in [3.05, 3.63) is 53.2 Å². The molecular formula is C17H17ClFN5. The maximum Gasteiger partial charge on any atom is 0.142 e. The lowest BCUT2D eigenvalue weighted by atomic mass is 10.1. The van der Waals surface area contributed by atoms with Crippen LogP contribution in [0.25, 0.3) is 11.0 Å². The van der Waals surface area contributed by atoms with Crippen LogP contribution < -0.4 is 4.90 Å². The van der Waals surface area contributed by atoms with Gasteiger partial charge in [0.2, 0.25) is 0 Å². The smallest absolute Gasteiger partial charge is 0.142 e. The highest BCUT2D eigenvalue weighted by molar-refractivity contribution is 6.31. The van der Waals surface area contributed by atoms with Gasteiger partial charge < -0.3 is 9.88 Å². The Morgan fingerprint density at radius 2 is 1.96 bits per heavy atom. The minimum absolute atomic E-state index is 0.241. The van der Waals surface area contributed by atoms with E-state index in [1.165, 1.54) is 6.07 Å². The molecule has 1 fully saturated rings. The number of piperazine rings is 1. The largest absolute Gasteiger partial charge is 0.353 e. The molecule has 1 aromatic carbocycles. The van der Waals surface area contributed by atoms with Crippen LogP contribution in [-0.4, -0.2) is 46.0 Å². The number of nitrogens with zero attached hydrogens (tertiary/aromatic N) is 4. The van der Waals surface area contributed by atoms with Crippen LogP contribution in [0.4, 0.5) is 10.2 Å². The van der Waals surface area contributed by atoms with Gasteiger partial charge in [-0.3, -0.25) is 4.90 Å². The zero-order valence-corrected chi connectivity index (χ0v) is 13.8. The topological polar surface area (TPSA) is 48.1 Å². The monoisotopic (exact) mass is 345 g/mol. The highest BCUT2D eigenvalue weighted by Gasteiger charge is 2.21. The molecule has 0 radical (unpaired) electrons. The predicted molar refractivity (Wildman–Crippen MR) is 92.8 cm³/mol. The second kappa shape index (κ2) is 6.37. The summed E-state index contributed by atoms with van der Waals surface area (Å²) in [7, 11) is 0. The summed E-state index contributed by atoms with van der Waals surface area (Å²) in [5.74, 6) is 0.708. The molecule has 124 valence electrons. The van der Waals surface area contributed by atoms with E-state index >= 15 is 0 Å². The molecule has 5 nitrogen and oxygen atoms in total. The Morgan fingerprint density at radius 1 is 1.12 bits per heavy atom. The summed E-state index contributed by atoms with van der Waals surface area (Å²) in [6.45, 7) is 3.87. The zero-order chi connectivity index (χ0) is 16.5. The van der Waals surface area contributed by atoms with Crippen molar-refractivity contribution in [1.82, 2.24) is 19.9 Å². The molecule has 0 aliphatic carbocycles. The first-order valence-electron chi connectivity index (χ1n) is 7.90. The first-order valence-corrected chi connectivity index (χ1v) is 8.28. The maximum atomic E-state index is 13.9. The Hall–Kier alpha value is -2.18. The number of nitrogens with one attached hydrogen (secondary N) is 1. The quantitative estimate of drug-likeness (QED) is 0.792. The van der Waals surface area contributed by atoms with Crippen molar-refractivity contribution < 1.29 is 4.39 Å². The van der Waals surface area contributed by atoms with E-state index in [1.807, 2.05) is 12.3 Å². The van der Waals surface area contributed by atoms with Crippen LogP contribution >= 0.6 is 11.6 Å². The van der Waals surface area contributed by atoms with E-state index in [4.69, 9.17) is 11.6 Å². The van der Waals surface area contributed by atoms with Crippen LogP contribution in [0.2, 0.25) is 5.02 Å². The van der Waals surface area contributed by atoms with Crippen molar-refractivity contribution >= 4 is 28.5 Å². The van der Waals surface area contributed by atoms with Gasteiger partial charge in [-0.2, -0.15) is 0 Å². The molecule has 1 saturated heterocycles. The van der Waals surface area contributed by atoms with Gasteiger partial charge in [0.25, 0.3) is 0 Å². The van der Waals surface area contributed by atoms with E-state index in [0.29, 0.717) is 17.1 Å². The number of hydrogen-bond acceptors (Lipinski definition) is 4. The van der Waals surface area contributed by atoms with Gasteiger partial charge in [-0.05, 0) is 18.2 Å². The van der Waals surface area contributed by atoms with E-state index in [0.717, 1.165) is 43.0 Å². The Balaban J connectivity index is 1.46. The number of fused-ring (bicyclic) bond motifs is 1. The van der Waals surface area contributed by atoms with E-state index in [-0.39, 0.29) is 5.82 Å². The van der Waals surface area contributed by atoms with Crippen molar-refractivity contribution in [2.24, 2.45) is 0 Å². The Bertz CT molecular complexity index is 837. The molecule has 0 bridgehead atoms.